The molecule has 0 aliphatic heterocycles. The number of hydrogen-bond donors (Lipinski definition) is 1. The minimum atomic E-state index is -0.266. The number of fused-ring (bicyclic) bond motifs is 1. The summed E-state index contributed by atoms with van der Waals surface area (Å²) in [5, 5.41) is 0.491. The minimum Gasteiger partial charge on any atom is -0.273 e. The first kappa shape index (κ1) is 12.3. The van der Waals surface area contributed by atoms with Gasteiger partial charge in [-0.3, -0.25) is 15.0 Å². The van der Waals surface area contributed by atoms with Crippen LogP contribution in [0.5, 0.6) is 0 Å². The third-order valence-electron chi connectivity index (χ3n) is 2.50. The molecule has 0 radical (unpaired) electrons. The molecule has 0 aliphatic rings. The van der Waals surface area contributed by atoms with E-state index in [0.29, 0.717) is 17.3 Å². The van der Waals surface area contributed by atoms with Crippen molar-refractivity contribution in [2.24, 2.45) is 5.92 Å². The molecule has 0 saturated heterocycles. The van der Waals surface area contributed by atoms with Gasteiger partial charge in [-0.25, -0.2) is 9.66 Å². The van der Waals surface area contributed by atoms with Crippen LogP contribution in [0.25, 0.3) is 10.9 Å². The van der Waals surface area contributed by atoms with Crippen molar-refractivity contribution in [3.63, 3.8) is 0 Å². The van der Waals surface area contributed by atoms with Crippen molar-refractivity contribution in [3.8, 4) is 0 Å². The van der Waals surface area contributed by atoms with Crippen LogP contribution in [-0.4, -0.2) is 15.6 Å². The number of benzene rings is 1. The summed E-state index contributed by atoms with van der Waals surface area (Å²) in [6.45, 7) is 3.89. The van der Waals surface area contributed by atoms with Gasteiger partial charge in [0.2, 0.25) is 5.91 Å². The average molecular weight is 245 g/mol. The van der Waals surface area contributed by atoms with E-state index in [-0.39, 0.29) is 17.4 Å². The summed E-state index contributed by atoms with van der Waals surface area (Å²) in [5.41, 5.74) is 2.89. The molecule has 0 aliphatic carbocycles. The lowest BCUT2D eigenvalue weighted by Crippen LogP contribution is -2.33. The van der Waals surface area contributed by atoms with Gasteiger partial charge in [-0.2, -0.15) is 0 Å². The molecule has 18 heavy (non-hydrogen) atoms. The molecule has 0 unspecified atom stereocenters. The maximum atomic E-state index is 12.1. The Labute approximate surface area is 104 Å². The Morgan fingerprint density at radius 1 is 1.39 bits per heavy atom. The van der Waals surface area contributed by atoms with E-state index in [4.69, 9.17) is 0 Å². The highest BCUT2D eigenvalue weighted by Crippen LogP contribution is 2.04. The fourth-order valence-corrected chi connectivity index (χ4v) is 1.70. The van der Waals surface area contributed by atoms with E-state index in [2.05, 4.69) is 10.4 Å². The molecule has 1 N–H and O–H groups in total. The number of nitrogens with one attached hydrogen (secondary N) is 1. The highest BCUT2D eigenvalue weighted by atomic mass is 16.2. The molecule has 0 saturated carbocycles. The molecule has 5 nitrogen and oxygen atoms in total. The summed E-state index contributed by atoms with van der Waals surface area (Å²) in [6.07, 6.45) is 1.71. The summed E-state index contributed by atoms with van der Waals surface area (Å²) in [7, 11) is 0. The number of rotatable bonds is 3. The first-order valence-corrected chi connectivity index (χ1v) is 5.84. The first-order chi connectivity index (χ1) is 8.58. The quantitative estimate of drug-likeness (QED) is 0.891. The zero-order chi connectivity index (χ0) is 13.1. The Morgan fingerprint density at radius 3 is 2.83 bits per heavy atom. The molecular weight excluding hydrogens is 230 g/mol. The normalized spacial score (nSPS) is 10.8. The molecule has 0 atom stereocenters. The lowest BCUT2D eigenvalue weighted by molar-refractivity contribution is -0.117. The zero-order valence-corrected chi connectivity index (χ0v) is 10.4. The predicted molar refractivity (Wildman–Crippen MR) is 69.8 cm³/mol. The van der Waals surface area contributed by atoms with Gasteiger partial charge in [-0.15, -0.1) is 0 Å². The molecule has 94 valence electrons. The van der Waals surface area contributed by atoms with Gasteiger partial charge in [0.25, 0.3) is 5.56 Å². The number of carbonyl (C=O) groups excluding carboxylic acids is 1. The van der Waals surface area contributed by atoms with Gasteiger partial charge < -0.3 is 0 Å². The Balaban J connectivity index is 2.32. The van der Waals surface area contributed by atoms with Gasteiger partial charge in [0, 0.05) is 6.42 Å². The van der Waals surface area contributed by atoms with Crippen molar-refractivity contribution in [1.29, 1.82) is 0 Å². The smallest absolute Gasteiger partial charge is 0.273 e. The van der Waals surface area contributed by atoms with Crippen molar-refractivity contribution in [2.75, 3.05) is 5.43 Å². The second kappa shape index (κ2) is 5.00. The molecule has 0 spiro atoms. The number of hydrogen-bond acceptors (Lipinski definition) is 3. The highest BCUT2D eigenvalue weighted by molar-refractivity contribution is 5.84. The zero-order valence-electron chi connectivity index (χ0n) is 10.4. The van der Waals surface area contributed by atoms with Crippen LogP contribution in [0.15, 0.2) is 35.4 Å². The molecule has 1 amide bonds. The number of nitrogens with zero attached hydrogens (tertiary/aromatic N) is 2. The highest BCUT2D eigenvalue weighted by Gasteiger charge is 2.08. The molecule has 5 heteroatoms. The Bertz CT molecular complexity index is 631. The lowest BCUT2D eigenvalue weighted by Gasteiger charge is -2.09. The Morgan fingerprint density at radius 2 is 2.11 bits per heavy atom. The van der Waals surface area contributed by atoms with Crippen LogP contribution in [0.1, 0.15) is 20.3 Å². The minimum absolute atomic E-state index is 0.191. The van der Waals surface area contributed by atoms with Gasteiger partial charge in [0.15, 0.2) is 0 Å². The molecule has 2 rings (SSSR count). The number of amides is 1. The van der Waals surface area contributed by atoms with Crippen LogP contribution in [0.2, 0.25) is 0 Å². The second-order valence-corrected chi connectivity index (χ2v) is 4.57. The van der Waals surface area contributed by atoms with Crippen molar-refractivity contribution in [1.82, 2.24) is 9.66 Å². The van der Waals surface area contributed by atoms with E-state index in [0.717, 1.165) is 4.68 Å². The summed E-state index contributed by atoms with van der Waals surface area (Å²) in [5.74, 6) is 0.0540. The Kier molecular flexibility index (Phi) is 3.41. The van der Waals surface area contributed by atoms with E-state index < -0.39 is 0 Å². The largest absolute Gasteiger partial charge is 0.280 e. The number of para-hydroxylation sites is 1. The molecule has 1 aromatic heterocycles. The third kappa shape index (κ3) is 2.56. The van der Waals surface area contributed by atoms with Gasteiger partial charge in [0.1, 0.15) is 6.33 Å². The summed E-state index contributed by atoms with van der Waals surface area (Å²) >= 11 is 0. The van der Waals surface area contributed by atoms with E-state index in [1.165, 1.54) is 6.33 Å². The molecule has 2 aromatic rings. The van der Waals surface area contributed by atoms with Crippen LogP contribution in [0, 0.1) is 5.92 Å². The molecule has 0 fully saturated rings. The van der Waals surface area contributed by atoms with Crippen molar-refractivity contribution in [3.05, 3.63) is 40.9 Å². The van der Waals surface area contributed by atoms with Crippen LogP contribution >= 0.6 is 0 Å². The van der Waals surface area contributed by atoms with Crippen molar-refractivity contribution < 1.29 is 4.79 Å². The maximum absolute atomic E-state index is 12.1. The van der Waals surface area contributed by atoms with Gasteiger partial charge >= 0.3 is 0 Å². The predicted octanol–water partition coefficient (Wildman–Crippen LogP) is 1.51. The molecule has 1 heterocycles. The molecule has 1 aromatic carbocycles. The lowest BCUT2D eigenvalue weighted by atomic mass is 10.1. The second-order valence-electron chi connectivity index (χ2n) is 4.57. The van der Waals surface area contributed by atoms with Crippen LogP contribution < -0.4 is 11.0 Å². The number of carbonyl (C=O) groups is 1. The topological polar surface area (TPSA) is 64.0 Å². The maximum Gasteiger partial charge on any atom is 0.280 e. The van der Waals surface area contributed by atoms with Gasteiger partial charge in [0.05, 0.1) is 10.9 Å². The van der Waals surface area contributed by atoms with E-state index in [1.807, 2.05) is 19.9 Å². The van der Waals surface area contributed by atoms with E-state index in [9.17, 15) is 9.59 Å². The van der Waals surface area contributed by atoms with Gasteiger partial charge in [-0.1, -0.05) is 26.0 Å². The average Bonchev–Trinajstić information content (AvgIpc) is 2.32. The number of aromatic nitrogens is 2. The standard InChI is InChI=1S/C13H15N3O2/c1-9(2)7-12(17)15-16-8-14-11-6-4-3-5-10(11)13(16)18/h3-6,8-9H,7H2,1-2H3,(H,15,17). The van der Waals surface area contributed by atoms with Crippen molar-refractivity contribution in [2.45, 2.75) is 20.3 Å². The monoisotopic (exact) mass is 245 g/mol. The van der Waals surface area contributed by atoms with Crippen LogP contribution in [0.4, 0.5) is 0 Å². The van der Waals surface area contributed by atoms with E-state index >= 15 is 0 Å². The molecule has 0 bridgehead atoms. The SMILES string of the molecule is CC(C)CC(=O)Nn1cnc2ccccc2c1=O. The summed E-state index contributed by atoms with van der Waals surface area (Å²) in [6, 6.07) is 7.04. The first-order valence-electron chi connectivity index (χ1n) is 5.84. The fourth-order valence-electron chi connectivity index (χ4n) is 1.70. The van der Waals surface area contributed by atoms with Crippen LogP contribution in [0.3, 0.4) is 0 Å². The molecular formula is C13H15N3O2. The Hall–Kier alpha value is -2.17. The third-order valence-corrected chi connectivity index (χ3v) is 2.50. The van der Waals surface area contributed by atoms with Crippen LogP contribution in [-0.2, 0) is 4.79 Å². The van der Waals surface area contributed by atoms with Gasteiger partial charge in [-0.05, 0) is 18.1 Å². The summed E-state index contributed by atoms with van der Waals surface area (Å²) < 4.78 is 1.13. The van der Waals surface area contributed by atoms with Crippen molar-refractivity contribution >= 4 is 16.8 Å². The summed E-state index contributed by atoms with van der Waals surface area (Å²) in [4.78, 5) is 27.8. The van der Waals surface area contributed by atoms with E-state index in [1.54, 1.807) is 18.2 Å². The fraction of sp³-hybridized carbons (Fsp3) is 0.308.